The maximum atomic E-state index is 9.78. The van der Waals surface area contributed by atoms with Crippen molar-refractivity contribution in [3.05, 3.63) is 24.2 Å². The van der Waals surface area contributed by atoms with Crippen molar-refractivity contribution >= 4 is 6.29 Å². The molecule has 1 heterocycles. The quantitative estimate of drug-likeness (QED) is 0.462. The van der Waals surface area contributed by atoms with Gasteiger partial charge in [-0.15, -0.1) is 0 Å². The molecule has 0 aromatic carbocycles. The first-order chi connectivity index (χ1) is 4.93. The van der Waals surface area contributed by atoms with E-state index in [4.69, 9.17) is 9.15 Å². The molecule has 0 aliphatic carbocycles. The average Bonchev–Trinajstić information content (AvgIpc) is 2.41. The molecule has 0 saturated heterocycles. The van der Waals surface area contributed by atoms with Gasteiger partial charge < -0.3 is 13.9 Å². The average molecular weight is 140 g/mol. The summed E-state index contributed by atoms with van der Waals surface area (Å²) in [6, 6.07) is 3.57. The molecule has 0 bridgehead atoms. The molecule has 0 atom stereocenters. The molecule has 0 aliphatic heterocycles. The Morgan fingerprint density at radius 1 is 1.70 bits per heavy atom. The van der Waals surface area contributed by atoms with Gasteiger partial charge in [-0.2, -0.15) is 0 Å². The minimum Gasteiger partial charge on any atom is -0.467 e. The van der Waals surface area contributed by atoms with Crippen molar-refractivity contribution in [2.24, 2.45) is 0 Å². The fourth-order valence-electron chi connectivity index (χ4n) is 0.602. The summed E-state index contributed by atoms with van der Waals surface area (Å²) in [5.41, 5.74) is 0. The normalized spacial score (nSPS) is 9.60. The Balaban J connectivity index is 2.21. The van der Waals surface area contributed by atoms with Gasteiger partial charge in [0.1, 0.15) is 25.3 Å². The molecule has 0 aliphatic rings. The summed E-state index contributed by atoms with van der Waals surface area (Å²) in [6.07, 6.45) is 2.28. The Hall–Kier alpha value is -1.09. The Labute approximate surface area is 58.6 Å². The highest BCUT2D eigenvalue weighted by atomic mass is 16.5. The molecule has 3 nitrogen and oxygen atoms in total. The van der Waals surface area contributed by atoms with Crippen LogP contribution in [-0.4, -0.2) is 12.9 Å². The first kappa shape index (κ1) is 7.02. The van der Waals surface area contributed by atoms with E-state index in [0.29, 0.717) is 12.9 Å². The lowest BCUT2D eigenvalue weighted by atomic mass is 10.5. The van der Waals surface area contributed by atoms with E-state index in [1.54, 1.807) is 18.4 Å². The minimum absolute atomic E-state index is 0.126. The molecular weight excluding hydrogens is 132 g/mol. The fraction of sp³-hybridized carbons (Fsp3) is 0.286. The lowest BCUT2D eigenvalue weighted by molar-refractivity contribution is -0.112. The van der Waals surface area contributed by atoms with E-state index in [1.807, 2.05) is 0 Å². The zero-order valence-electron chi connectivity index (χ0n) is 5.45. The first-order valence-electron chi connectivity index (χ1n) is 2.97. The van der Waals surface area contributed by atoms with Crippen LogP contribution in [-0.2, 0) is 16.1 Å². The van der Waals surface area contributed by atoms with Crippen LogP contribution in [0.5, 0.6) is 0 Å². The van der Waals surface area contributed by atoms with Crippen molar-refractivity contribution in [3.8, 4) is 0 Å². The summed E-state index contributed by atoms with van der Waals surface area (Å²) < 4.78 is 9.80. The van der Waals surface area contributed by atoms with Crippen LogP contribution in [0.4, 0.5) is 0 Å². The van der Waals surface area contributed by atoms with Crippen molar-refractivity contribution in [3.63, 3.8) is 0 Å². The molecule has 0 unspecified atom stereocenters. The fourth-order valence-corrected chi connectivity index (χ4v) is 0.602. The van der Waals surface area contributed by atoms with Gasteiger partial charge in [-0.1, -0.05) is 0 Å². The van der Waals surface area contributed by atoms with Crippen LogP contribution in [0.15, 0.2) is 22.8 Å². The van der Waals surface area contributed by atoms with E-state index < -0.39 is 0 Å². The van der Waals surface area contributed by atoms with Crippen molar-refractivity contribution < 1.29 is 13.9 Å². The maximum Gasteiger partial charge on any atom is 0.145 e. The molecule has 1 rings (SSSR count). The number of hydrogen-bond acceptors (Lipinski definition) is 3. The molecule has 1 aromatic heterocycles. The van der Waals surface area contributed by atoms with Crippen molar-refractivity contribution in [2.75, 3.05) is 6.61 Å². The van der Waals surface area contributed by atoms with Gasteiger partial charge in [0.05, 0.1) is 6.26 Å². The van der Waals surface area contributed by atoms with Gasteiger partial charge in [-0.25, -0.2) is 0 Å². The number of ether oxygens (including phenoxy) is 1. The van der Waals surface area contributed by atoms with E-state index in [2.05, 4.69) is 0 Å². The van der Waals surface area contributed by atoms with Crippen molar-refractivity contribution in [2.45, 2.75) is 6.61 Å². The van der Waals surface area contributed by atoms with E-state index in [-0.39, 0.29) is 6.61 Å². The number of furan rings is 1. The van der Waals surface area contributed by atoms with Crippen LogP contribution in [0.25, 0.3) is 0 Å². The Morgan fingerprint density at radius 2 is 2.60 bits per heavy atom. The molecule has 0 N–H and O–H groups in total. The van der Waals surface area contributed by atoms with Crippen molar-refractivity contribution in [1.82, 2.24) is 0 Å². The second-order valence-corrected chi connectivity index (χ2v) is 1.76. The largest absolute Gasteiger partial charge is 0.467 e. The van der Waals surface area contributed by atoms with Crippen molar-refractivity contribution in [1.29, 1.82) is 0 Å². The van der Waals surface area contributed by atoms with Gasteiger partial charge in [0, 0.05) is 0 Å². The van der Waals surface area contributed by atoms with Crippen LogP contribution in [0.3, 0.4) is 0 Å². The van der Waals surface area contributed by atoms with E-state index in [9.17, 15) is 4.79 Å². The number of hydrogen-bond donors (Lipinski definition) is 0. The van der Waals surface area contributed by atoms with Gasteiger partial charge >= 0.3 is 0 Å². The summed E-state index contributed by atoms with van der Waals surface area (Å²) >= 11 is 0. The topological polar surface area (TPSA) is 39.4 Å². The predicted octanol–water partition coefficient (Wildman–Crippen LogP) is 0.995. The zero-order valence-corrected chi connectivity index (χ0v) is 5.45. The van der Waals surface area contributed by atoms with E-state index in [1.165, 1.54) is 0 Å². The molecule has 0 fully saturated rings. The summed E-state index contributed by atoms with van der Waals surface area (Å²) in [7, 11) is 0. The second-order valence-electron chi connectivity index (χ2n) is 1.76. The highest BCUT2D eigenvalue weighted by molar-refractivity contribution is 5.50. The first-order valence-corrected chi connectivity index (χ1v) is 2.97. The molecular formula is C7H8O3. The Kier molecular flexibility index (Phi) is 2.70. The number of carbonyl (C=O) groups excluding carboxylic acids is 1. The maximum absolute atomic E-state index is 9.78. The van der Waals surface area contributed by atoms with Gasteiger partial charge in [0.15, 0.2) is 0 Å². The zero-order chi connectivity index (χ0) is 7.23. The lowest BCUT2D eigenvalue weighted by Crippen LogP contribution is -1.93. The Bertz CT molecular complexity index is 179. The standard InChI is InChI=1S/C7H8O3/c8-3-5-9-6-7-2-1-4-10-7/h1-4H,5-6H2. The van der Waals surface area contributed by atoms with Gasteiger partial charge in [0.2, 0.25) is 0 Å². The van der Waals surface area contributed by atoms with Crippen LogP contribution >= 0.6 is 0 Å². The molecule has 1 aromatic rings. The van der Waals surface area contributed by atoms with Crippen LogP contribution in [0, 0.1) is 0 Å². The number of aldehydes is 1. The molecule has 0 saturated carbocycles. The third-order valence-corrected chi connectivity index (χ3v) is 1.01. The van der Waals surface area contributed by atoms with Gasteiger partial charge in [0.25, 0.3) is 0 Å². The summed E-state index contributed by atoms with van der Waals surface area (Å²) in [5.74, 6) is 0.738. The molecule has 0 amide bonds. The highest BCUT2D eigenvalue weighted by Crippen LogP contribution is 2.00. The highest BCUT2D eigenvalue weighted by Gasteiger charge is 1.92. The molecule has 0 radical (unpaired) electrons. The van der Waals surface area contributed by atoms with Gasteiger partial charge in [-0.05, 0) is 12.1 Å². The monoisotopic (exact) mass is 140 g/mol. The third-order valence-electron chi connectivity index (χ3n) is 1.01. The van der Waals surface area contributed by atoms with Gasteiger partial charge in [-0.3, -0.25) is 0 Å². The predicted molar refractivity (Wildman–Crippen MR) is 34.4 cm³/mol. The smallest absolute Gasteiger partial charge is 0.145 e. The summed E-state index contributed by atoms with van der Waals surface area (Å²) in [6.45, 7) is 0.492. The summed E-state index contributed by atoms with van der Waals surface area (Å²) in [5, 5.41) is 0. The lowest BCUT2D eigenvalue weighted by Gasteiger charge is -1.93. The molecule has 10 heavy (non-hydrogen) atoms. The molecule has 0 spiro atoms. The molecule has 3 heteroatoms. The van der Waals surface area contributed by atoms with Crippen LogP contribution in [0.2, 0.25) is 0 Å². The second kappa shape index (κ2) is 3.85. The minimum atomic E-state index is 0.126. The molecule has 54 valence electrons. The number of carbonyl (C=O) groups is 1. The van der Waals surface area contributed by atoms with E-state index in [0.717, 1.165) is 5.76 Å². The third kappa shape index (κ3) is 2.03. The summed E-state index contributed by atoms with van der Waals surface area (Å²) in [4.78, 5) is 9.78. The van der Waals surface area contributed by atoms with Crippen LogP contribution in [0.1, 0.15) is 5.76 Å². The number of rotatable bonds is 4. The van der Waals surface area contributed by atoms with Crippen LogP contribution < -0.4 is 0 Å². The van der Waals surface area contributed by atoms with E-state index >= 15 is 0 Å². The Morgan fingerprint density at radius 3 is 3.20 bits per heavy atom. The SMILES string of the molecule is O=CCOCc1ccco1.